The summed E-state index contributed by atoms with van der Waals surface area (Å²) >= 11 is -2.45. The van der Waals surface area contributed by atoms with Crippen molar-refractivity contribution in [3.8, 4) is 22.3 Å². The predicted octanol–water partition coefficient (Wildman–Crippen LogP) is 12.4. The summed E-state index contributed by atoms with van der Waals surface area (Å²) in [6.07, 6.45) is 9.96. The van der Waals surface area contributed by atoms with E-state index in [-0.39, 0.29) is 0 Å². The Morgan fingerprint density at radius 3 is 1.30 bits per heavy atom. The third kappa shape index (κ3) is 6.34. The molecule has 0 aliphatic heterocycles. The van der Waals surface area contributed by atoms with Crippen LogP contribution in [0.2, 0.25) is 13.1 Å². The van der Waals surface area contributed by atoms with Crippen LogP contribution in [0, 0.1) is 11.8 Å². The molecule has 0 amide bonds. The molecule has 0 heterocycles. The zero-order valence-corrected chi connectivity index (χ0v) is 34.2. The monoisotopic (exact) mass is 789 g/mol. The van der Waals surface area contributed by atoms with Crippen LogP contribution in [0.15, 0.2) is 96.1 Å². The molecule has 0 N–H and O–H groups in total. The van der Waals surface area contributed by atoms with Crippen LogP contribution >= 0.6 is 0 Å². The van der Waals surface area contributed by atoms with Crippen LogP contribution in [0.4, 0.5) is 0 Å². The van der Waals surface area contributed by atoms with E-state index in [1.165, 1.54) is 46.2 Å². The normalized spacial score (nSPS) is 17.0. The first-order valence-corrected chi connectivity index (χ1v) is 31.2. The molecule has 0 nitrogen and oxygen atoms in total. The molecule has 6 rings (SSSR count). The van der Waals surface area contributed by atoms with Crippen molar-refractivity contribution in [2.24, 2.45) is 11.8 Å². The van der Waals surface area contributed by atoms with Gasteiger partial charge in [-0.05, 0) is 0 Å². The average Bonchev–Trinajstić information content (AvgIpc) is 3.58. The zero-order chi connectivity index (χ0) is 32.5. The van der Waals surface area contributed by atoms with Crippen molar-refractivity contribution in [1.29, 1.82) is 0 Å². The van der Waals surface area contributed by atoms with Crippen LogP contribution in [0.1, 0.15) is 95.1 Å². The van der Waals surface area contributed by atoms with Gasteiger partial charge in [0, 0.05) is 0 Å². The van der Waals surface area contributed by atoms with E-state index in [0.717, 1.165) is 12.8 Å². The van der Waals surface area contributed by atoms with Crippen molar-refractivity contribution < 1.29 is 20.6 Å². The molecule has 2 unspecified atom stereocenters. The number of rotatable bonds is 11. The van der Waals surface area contributed by atoms with E-state index in [0.29, 0.717) is 19.2 Å². The van der Waals surface area contributed by atoms with Gasteiger partial charge in [-0.25, -0.2) is 0 Å². The Labute approximate surface area is 288 Å². The Morgan fingerprint density at radius 1 is 0.543 bits per heavy atom. The van der Waals surface area contributed by atoms with Crippen molar-refractivity contribution in [2.45, 2.75) is 87.7 Å². The van der Waals surface area contributed by atoms with Gasteiger partial charge in [0.25, 0.3) is 0 Å². The minimum absolute atomic E-state index is 0.661. The standard InChI is InChI=1S/2C21H23.C2H7Si.Hf/c2*1-4-17-8-5-6-10-19(17)20-11-7-9-18-13-16(12-15(2)3)14-21(18)20;1-3-2;/h2*5-11,13-15H,4,12H2,1-3H3;3H,1-2H3;. The van der Waals surface area contributed by atoms with Gasteiger partial charge in [-0.15, -0.1) is 0 Å². The van der Waals surface area contributed by atoms with Crippen LogP contribution in [0.5, 0.6) is 0 Å². The Balaban J connectivity index is 1.55. The maximum absolute atomic E-state index is 2.73. The van der Waals surface area contributed by atoms with E-state index >= 15 is 0 Å². The SMILES string of the molecule is CCc1ccccc1-c1cccc2c1C=C(CC(C)C)[CH]2[Hf]([CH]1C(CC(C)C)=Cc2c(-c3ccccc3CC)cccc21)[SiH](C)C. The van der Waals surface area contributed by atoms with Crippen LogP contribution in [0.25, 0.3) is 34.4 Å². The first kappa shape index (κ1) is 33.4. The molecule has 0 bridgehead atoms. The molecule has 2 aliphatic rings. The van der Waals surface area contributed by atoms with E-state index < -0.39 is 26.6 Å². The number of fused-ring (bicyclic) bond motifs is 2. The molecule has 0 saturated carbocycles. The Kier molecular flexibility index (Phi) is 10.4. The second-order valence-corrected chi connectivity index (χ2v) is 42.7. The quantitative estimate of drug-likeness (QED) is 0.133. The summed E-state index contributed by atoms with van der Waals surface area (Å²) in [6.45, 7) is 19.8. The molecular formula is C44H53HfSi. The molecule has 0 spiro atoms. The van der Waals surface area contributed by atoms with Crippen molar-refractivity contribution >= 4 is 18.1 Å². The predicted molar refractivity (Wildman–Crippen MR) is 202 cm³/mol. The average molecular weight is 788 g/mol. The zero-order valence-electron chi connectivity index (χ0n) is 29.5. The van der Waals surface area contributed by atoms with E-state index in [9.17, 15) is 0 Å². The molecule has 0 saturated heterocycles. The third-order valence-corrected chi connectivity index (χ3v) is 41.2. The van der Waals surface area contributed by atoms with Crippen LogP contribution < -0.4 is 0 Å². The van der Waals surface area contributed by atoms with Gasteiger partial charge in [-0.2, -0.15) is 0 Å². The summed E-state index contributed by atoms with van der Waals surface area (Å²) in [5.74, 6) is 0.366. The van der Waals surface area contributed by atoms with Crippen molar-refractivity contribution in [3.05, 3.63) is 129 Å². The molecule has 0 aromatic heterocycles. The van der Waals surface area contributed by atoms with Gasteiger partial charge in [0.1, 0.15) is 0 Å². The summed E-state index contributed by atoms with van der Waals surface area (Å²) < 4.78 is 1.36. The molecule has 2 heteroatoms. The molecule has 2 aliphatic carbocycles. The van der Waals surface area contributed by atoms with Crippen molar-refractivity contribution in [2.75, 3.05) is 0 Å². The van der Waals surface area contributed by atoms with Crippen molar-refractivity contribution in [3.63, 3.8) is 0 Å². The molecular weight excluding hydrogens is 735 g/mol. The summed E-state index contributed by atoms with van der Waals surface area (Å²) in [7, 11) is 0. The van der Waals surface area contributed by atoms with Crippen molar-refractivity contribution in [1.82, 2.24) is 0 Å². The molecule has 4 aromatic carbocycles. The minimum atomic E-state index is -2.45. The Bertz CT molecular complexity index is 1640. The topological polar surface area (TPSA) is 0 Å². The Morgan fingerprint density at radius 2 is 0.935 bits per heavy atom. The van der Waals surface area contributed by atoms with Gasteiger partial charge in [-0.1, -0.05) is 0 Å². The molecule has 237 valence electrons. The van der Waals surface area contributed by atoms with Gasteiger partial charge in [0.2, 0.25) is 0 Å². The fraction of sp³-hybridized carbons (Fsp3) is 0.364. The van der Waals surface area contributed by atoms with Gasteiger partial charge in [0.05, 0.1) is 0 Å². The van der Waals surface area contributed by atoms with Crippen LogP contribution in [-0.4, -0.2) is 5.98 Å². The summed E-state index contributed by atoms with van der Waals surface area (Å²) in [6, 6.07) is 32.9. The van der Waals surface area contributed by atoms with Gasteiger partial charge in [-0.3, -0.25) is 0 Å². The van der Waals surface area contributed by atoms with Gasteiger partial charge >= 0.3 is 290 Å². The van der Waals surface area contributed by atoms with Crippen LogP contribution in [0.3, 0.4) is 0 Å². The maximum atomic E-state index is 2.73. The summed E-state index contributed by atoms with van der Waals surface area (Å²) in [4.78, 5) is 0. The number of benzene rings is 4. The number of aryl methyl sites for hydroxylation is 2. The molecule has 46 heavy (non-hydrogen) atoms. The summed E-state index contributed by atoms with van der Waals surface area (Å²) in [5, 5.41) is 0. The fourth-order valence-corrected chi connectivity index (χ4v) is 40.8. The number of hydrogen-bond donors (Lipinski definition) is 0. The van der Waals surface area contributed by atoms with E-state index in [1.54, 1.807) is 33.4 Å². The second-order valence-electron chi connectivity index (χ2n) is 14.8. The third-order valence-electron chi connectivity index (χ3n) is 10.3. The first-order valence-electron chi connectivity index (χ1n) is 17.9. The van der Waals surface area contributed by atoms with E-state index in [4.69, 9.17) is 0 Å². The summed E-state index contributed by atoms with van der Waals surface area (Å²) in [5.41, 5.74) is 18.7. The molecule has 0 fully saturated rings. The molecule has 4 aromatic rings. The first-order chi connectivity index (χ1) is 22.2. The molecule has 2 atom stereocenters. The fourth-order valence-electron chi connectivity index (χ4n) is 8.50. The number of hydrogen-bond acceptors (Lipinski definition) is 0. The molecule has 0 radical (unpaired) electrons. The van der Waals surface area contributed by atoms with E-state index in [1.807, 2.05) is 0 Å². The second kappa shape index (κ2) is 14.3. The van der Waals surface area contributed by atoms with Gasteiger partial charge in [0.15, 0.2) is 0 Å². The number of allylic oxidation sites excluding steroid dienone is 2. The van der Waals surface area contributed by atoms with Crippen LogP contribution in [-0.2, 0) is 33.4 Å². The van der Waals surface area contributed by atoms with E-state index in [2.05, 4.69) is 152 Å². The Hall–Kier alpha value is -2.55. The van der Waals surface area contributed by atoms with Gasteiger partial charge < -0.3 is 0 Å².